The quantitative estimate of drug-likeness (QED) is 0.307. The second-order valence-corrected chi connectivity index (χ2v) is 10.7. The number of hydrogen-bond donors (Lipinski definition) is 0. The van der Waals surface area contributed by atoms with Crippen LogP contribution in [0.2, 0.25) is 5.02 Å². The molecule has 1 aliphatic heterocycles. The molecule has 206 valence electrons. The topological polar surface area (TPSA) is 88.4 Å². The largest absolute Gasteiger partial charge is 0.493 e. The van der Waals surface area contributed by atoms with E-state index in [1.54, 1.807) is 50.3 Å². The number of rotatable bonds is 9. The van der Waals surface area contributed by atoms with Gasteiger partial charge in [-0.15, -0.1) is 0 Å². The molecule has 3 aromatic rings. The van der Waals surface area contributed by atoms with Crippen LogP contribution in [0.3, 0.4) is 0 Å². The minimum atomic E-state index is -0.827. The lowest BCUT2D eigenvalue weighted by atomic mass is 9.95. The molecule has 2 heterocycles. The van der Waals surface area contributed by atoms with Gasteiger partial charge in [0.1, 0.15) is 5.75 Å². The number of nitrogens with zero attached hydrogens (tertiary/aromatic N) is 2. The van der Waals surface area contributed by atoms with Crippen molar-refractivity contribution in [1.82, 2.24) is 4.57 Å². The van der Waals surface area contributed by atoms with Crippen LogP contribution in [0.5, 0.6) is 17.2 Å². The fraction of sp³-hybridized carbons (Fsp3) is 0.321. The van der Waals surface area contributed by atoms with E-state index in [1.165, 1.54) is 23.0 Å². The number of fused-ring (bicyclic) bond motifs is 1. The summed E-state index contributed by atoms with van der Waals surface area (Å²) in [4.78, 5) is 32.3. The van der Waals surface area contributed by atoms with Crippen molar-refractivity contribution in [3.05, 3.63) is 81.9 Å². The number of carbonyl (C=O) groups excluding carboxylic acids is 1. The molecule has 8 nitrogen and oxygen atoms in total. The zero-order chi connectivity index (χ0) is 28.3. The highest BCUT2D eigenvalue weighted by atomic mass is 79.9. The van der Waals surface area contributed by atoms with Crippen LogP contribution in [-0.2, 0) is 9.53 Å². The molecule has 0 spiro atoms. The van der Waals surface area contributed by atoms with Crippen LogP contribution in [0.15, 0.2) is 55.9 Å². The number of carbonyl (C=O) groups is 1. The van der Waals surface area contributed by atoms with Gasteiger partial charge in [-0.1, -0.05) is 38.9 Å². The van der Waals surface area contributed by atoms with E-state index < -0.39 is 12.0 Å². The van der Waals surface area contributed by atoms with Crippen LogP contribution in [0.1, 0.15) is 44.9 Å². The third-order valence-corrected chi connectivity index (χ3v) is 7.86. The van der Waals surface area contributed by atoms with Crippen molar-refractivity contribution in [2.45, 2.75) is 33.7 Å². The predicted octanol–water partition coefficient (Wildman–Crippen LogP) is 5.02. The van der Waals surface area contributed by atoms with Crippen molar-refractivity contribution < 1.29 is 23.7 Å². The number of esters is 1. The third-order valence-electron chi connectivity index (χ3n) is 5.95. The molecule has 1 aliphatic rings. The molecule has 0 saturated heterocycles. The minimum absolute atomic E-state index is 0.176. The highest BCUT2D eigenvalue weighted by Gasteiger charge is 2.35. The molecule has 0 N–H and O–H groups in total. The Morgan fingerprint density at radius 1 is 1.10 bits per heavy atom. The molecule has 11 heteroatoms. The van der Waals surface area contributed by atoms with Crippen molar-refractivity contribution in [2.24, 2.45) is 4.99 Å². The number of allylic oxidation sites excluding steroid dienone is 1. The van der Waals surface area contributed by atoms with E-state index in [-0.39, 0.29) is 17.7 Å². The fourth-order valence-electron chi connectivity index (χ4n) is 4.33. The minimum Gasteiger partial charge on any atom is -0.493 e. The van der Waals surface area contributed by atoms with Gasteiger partial charge in [0.15, 0.2) is 16.3 Å². The average Bonchev–Trinajstić information content (AvgIpc) is 3.19. The van der Waals surface area contributed by atoms with Gasteiger partial charge in [0.25, 0.3) is 5.56 Å². The van der Waals surface area contributed by atoms with Crippen LogP contribution in [-0.4, -0.2) is 37.5 Å². The Labute approximate surface area is 243 Å². The lowest BCUT2D eigenvalue weighted by Crippen LogP contribution is -2.40. The summed E-state index contributed by atoms with van der Waals surface area (Å²) >= 11 is 11.1. The van der Waals surface area contributed by atoms with Crippen LogP contribution in [0.25, 0.3) is 6.08 Å². The maximum atomic E-state index is 14.0. The molecular formula is C28H28BrClN2O6S. The molecule has 0 aliphatic carbocycles. The molecule has 0 radical (unpaired) electrons. The molecule has 0 amide bonds. The Morgan fingerprint density at radius 2 is 1.82 bits per heavy atom. The summed E-state index contributed by atoms with van der Waals surface area (Å²) in [7, 11) is 1.54. The van der Waals surface area contributed by atoms with Gasteiger partial charge in [-0.2, -0.15) is 0 Å². The maximum absolute atomic E-state index is 14.0. The van der Waals surface area contributed by atoms with Crippen LogP contribution >= 0.6 is 38.9 Å². The Kier molecular flexibility index (Phi) is 9.19. The van der Waals surface area contributed by atoms with E-state index in [2.05, 4.69) is 20.9 Å². The van der Waals surface area contributed by atoms with Crippen LogP contribution in [0.4, 0.5) is 0 Å². The average molecular weight is 636 g/mol. The summed E-state index contributed by atoms with van der Waals surface area (Å²) in [6.45, 7) is 8.30. The monoisotopic (exact) mass is 634 g/mol. The molecule has 2 aromatic carbocycles. The normalized spacial score (nSPS) is 15.1. The number of thiazole rings is 1. The van der Waals surface area contributed by atoms with Gasteiger partial charge in [0, 0.05) is 15.1 Å². The van der Waals surface area contributed by atoms with Crippen molar-refractivity contribution >= 4 is 50.9 Å². The second-order valence-electron chi connectivity index (χ2n) is 8.38. The Balaban J connectivity index is 2.01. The van der Waals surface area contributed by atoms with E-state index in [4.69, 9.17) is 30.5 Å². The maximum Gasteiger partial charge on any atom is 0.338 e. The smallest absolute Gasteiger partial charge is 0.338 e. The predicted molar refractivity (Wildman–Crippen MR) is 155 cm³/mol. The van der Waals surface area contributed by atoms with E-state index in [0.717, 1.165) is 0 Å². The van der Waals surface area contributed by atoms with Gasteiger partial charge in [-0.3, -0.25) is 9.36 Å². The molecule has 0 fully saturated rings. The van der Waals surface area contributed by atoms with Gasteiger partial charge in [0.05, 0.1) is 48.8 Å². The molecule has 0 unspecified atom stereocenters. The number of halogens is 2. The Morgan fingerprint density at radius 3 is 2.49 bits per heavy atom. The molecule has 4 rings (SSSR count). The van der Waals surface area contributed by atoms with Gasteiger partial charge in [0.2, 0.25) is 0 Å². The number of benzene rings is 2. The molecular weight excluding hydrogens is 608 g/mol. The van der Waals surface area contributed by atoms with Crippen molar-refractivity contribution in [3.63, 3.8) is 0 Å². The number of hydrogen-bond acceptors (Lipinski definition) is 8. The molecule has 0 saturated carbocycles. The van der Waals surface area contributed by atoms with Crippen LogP contribution < -0.4 is 29.1 Å². The first-order chi connectivity index (χ1) is 18.7. The Bertz CT molecular complexity index is 1630. The van der Waals surface area contributed by atoms with Gasteiger partial charge >= 0.3 is 5.97 Å². The zero-order valence-corrected chi connectivity index (χ0v) is 25.3. The summed E-state index contributed by atoms with van der Waals surface area (Å²) < 4.78 is 25.0. The fourth-order valence-corrected chi connectivity index (χ4v) is 6.09. The van der Waals surface area contributed by atoms with Gasteiger partial charge < -0.3 is 18.9 Å². The summed E-state index contributed by atoms with van der Waals surface area (Å²) in [6.07, 6.45) is 1.73. The number of aromatic nitrogens is 1. The first kappa shape index (κ1) is 28.9. The van der Waals surface area contributed by atoms with Crippen molar-refractivity contribution in [3.8, 4) is 17.2 Å². The molecule has 0 bridgehead atoms. The first-order valence-corrected chi connectivity index (χ1v) is 14.3. The van der Waals surface area contributed by atoms with E-state index in [0.29, 0.717) is 66.1 Å². The summed E-state index contributed by atoms with van der Waals surface area (Å²) in [5.41, 5.74) is 1.69. The first-order valence-electron chi connectivity index (χ1n) is 12.4. The molecule has 1 aromatic heterocycles. The van der Waals surface area contributed by atoms with Crippen molar-refractivity contribution in [1.29, 1.82) is 0 Å². The van der Waals surface area contributed by atoms with Gasteiger partial charge in [-0.05, 0) is 69.7 Å². The second kappa shape index (κ2) is 12.4. The summed E-state index contributed by atoms with van der Waals surface area (Å²) in [5.74, 6) is 1.05. The summed E-state index contributed by atoms with van der Waals surface area (Å²) in [5, 5.41) is 0.515. The molecule has 1 atom stereocenters. The number of methoxy groups -OCH3 is 1. The number of ether oxygens (including phenoxy) is 4. The third kappa shape index (κ3) is 5.78. The van der Waals surface area contributed by atoms with E-state index in [9.17, 15) is 9.59 Å². The Hall–Kier alpha value is -3.08. The van der Waals surface area contributed by atoms with E-state index >= 15 is 0 Å². The standard InChI is InChI=1S/C28H28BrClN2O6S/c1-6-36-20-10-9-17(30)11-16(20)12-23-26(33)32-25(18-13-21(35-5)22(37-7-2)14-19(18)29)24(27(34)38-8-3)15(4)31-28(32)39-23/h9-14,25H,6-8H2,1-5H3/b23-12+/t25-/m0/s1. The highest BCUT2D eigenvalue weighted by Crippen LogP contribution is 2.41. The van der Waals surface area contributed by atoms with Crippen LogP contribution in [0, 0.1) is 0 Å². The highest BCUT2D eigenvalue weighted by molar-refractivity contribution is 9.10. The zero-order valence-electron chi connectivity index (χ0n) is 22.2. The van der Waals surface area contributed by atoms with Gasteiger partial charge in [-0.25, -0.2) is 9.79 Å². The van der Waals surface area contributed by atoms with E-state index in [1.807, 2.05) is 13.8 Å². The lowest BCUT2D eigenvalue weighted by Gasteiger charge is -2.26. The van der Waals surface area contributed by atoms with Crippen molar-refractivity contribution in [2.75, 3.05) is 26.9 Å². The summed E-state index contributed by atoms with van der Waals surface area (Å²) in [6, 6.07) is 7.95. The SMILES string of the molecule is CCOC(=O)C1=C(C)N=c2s/c(=C/c3cc(Cl)ccc3OCC)c(=O)n2[C@H]1c1cc(OC)c(OCC)cc1Br. The lowest BCUT2D eigenvalue weighted by molar-refractivity contribution is -0.139. The molecule has 39 heavy (non-hydrogen) atoms.